The number of benzene rings is 2. The Kier molecular flexibility index (Phi) is 5.46. The number of nitrogens with one attached hydrogen (secondary N) is 2. The van der Waals surface area contributed by atoms with E-state index in [0.717, 1.165) is 0 Å². The molecule has 0 aliphatic heterocycles. The van der Waals surface area contributed by atoms with Crippen LogP contribution in [0.15, 0.2) is 48.5 Å². The van der Waals surface area contributed by atoms with Crippen molar-refractivity contribution in [3.63, 3.8) is 0 Å². The highest BCUT2D eigenvalue weighted by molar-refractivity contribution is 6.30. The molecule has 138 valence electrons. The summed E-state index contributed by atoms with van der Waals surface area (Å²) < 4.78 is 15.0. The number of nitrogens with zero attached hydrogens (tertiary/aromatic N) is 3. The zero-order valence-electron chi connectivity index (χ0n) is 14.2. The molecule has 2 amide bonds. The van der Waals surface area contributed by atoms with E-state index in [-0.39, 0.29) is 23.8 Å². The van der Waals surface area contributed by atoms with Crippen molar-refractivity contribution >= 4 is 34.8 Å². The largest absolute Gasteiger partial charge is 0.324 e. The van der Waals surface area contributed by atoms with Crippen molar-refractivity contribution in [2.75, 3.05) is 10.6 Å². The van der Waals surface area contributed by atoms with Crippen molar-refractivity contribution < 1.29 is 14.0 Å². The Labute approximate surface area is 159 Å². The maximum absolute atomic E-state index is 13.7. The highest BCUT2D eigenvalue weighted by Crippen LogP contribution is 2.15. The van der Waals surface area contributed by atoms with Gasteiger partial charge in [-0.2, -0.15) is 0 Å². The van der Waals surface area contributed by atoms with Gasteiger partial charge in [-0.15, -0.1) is 5.10 Å². The Balaban J connectivity index is 1.67. The van der Waals surface area contributed by atoms with Crippen molar-refractivity contribution in [1.29, 1.82) is 0 Å². The zero-order chi connectivity index (χ0) is 19.4. The van der Waals surface area contributed by atoms with E-state index in [2.05, 4.69) is 20.9 Å². The third-order valence-corrected chi connectivity index (χ3v) is 3.99. The van der Waals surface area contributed by atoms with Gasteiger partial charge in [0.25, 0.3) is 5.91 Å². The summed E-state index contributed by atoms with van der Waals surface area (Å²) in [6, 6.07) is 12.4. The molecule has 9 heteroatoms. The molecule has 0 aliphatic rings. The van der Waals surface area contributed by atoms with Crippen LogP contribution in [0.3, 0.4) is 0 Å². The molecule has 27 heavy (non-hydrogen) atoms. The molecule has 0 radical (unpaired) electrons. The molecule has 0 atom stereocenters. The van der Waals surface area contributed by atoms with E-state index in [1.807, 2.05) is 0 Å². The molecule has 0 fully saturated rings. The molecule has 0 spiro atoms. The Morgan fingerprint density at radius 2 is 1.81 bits per heavy atom. The number of carbonyl (C=O) groups is 2. The molecule has 7 nitrogen and oxygen atoms in total. The summed E-state index contributed by atoms with van der Waals surface area (Å²) >= 11 is 5.80. The highest BCUT2D eigenvalue weighted by atomic mass is 35.5. The fourth-order valence-electron chi connectivity index (χ4n) is 2.33. The molecule has 3 aromatic rings. The van der Waals surface area contributed by atoms with Crippen LogP contribution in [0, 0.1) is 12.7 Å². The standard InChI is InChI=1S/C18H15ClFN5O2/c1-11-17(18(27)22-15-5-3-2-4-14(15)20)23-24-25(11)10-16(26)21-13-8-6-12(19)7-9-13/h2-9H,10H2,1H3,(H,21,26)(H,22,27). The first kappa shape index (κ1) is 18.5. The van der Waals surface area contributed by atoms with E-state index in [1.165, 1.54) is 22.9 Å². The van der Waals surface area contributed by atoms with Gasteiger partial charge >= 0.3 is 0 Å². The molecule has 0 aliphatic carbocycles. The molecule has 1 heterocycles. The predicted octanol–water partition coefficient (Wildman–Crippen LogP) is 3.27. The van der Waals surface area contributed by atoms with Crippen LogP contribution in [0.5, 0.6) is 0 Å². The number of hydrogen-bond donors (Lipinski definition) is 2. The molecular weight excluding hydrogens is 373 g/mol. The lowest BCUT2D eigenvalue weighted by Crippen LogP contribution is -2.21. The molecule has 3 rings (SSSR count). The van der Waals surface area contributed by atoms with Gasteiger partial charge in [0.2, 0.25) is 5.91 Å². The summed E-state index contributed by atoms with van der Waals surface area (Å²) in [4.78, 5) is 24.5. The summed E-state index contributed by atoms with van der Waals surface area (Å²) in [5.41, 5.74) is 1.02. The summed E-state index contributed by atoms with van der Waals surface area (Å²) in [7, 11) is 0. The van der Waals surface area contributed by atoms with Crippen molar-refractivity contribution in [2.24, 2.45) is 0 Å². The Morgan fingerprint density at radius 3 is 2.52 bits per heavy atom. The first-order valence-corrected chi connectivity index (χ1v) is 8.33. The number of hydrogen-bond acceptors (Lipinski definition) is 4. The number of halogens is 2. The lowest BCUT2D eigenvalue weighted by molar-refractivity contribution is -0.117. The fraction of sp³-hybridized carbons (Fsp3) is 0.111. The van der Waals surface area contributed by atoms with Gasteiger partial charge in [0, 0.05) is 10.7 Å². The molecule has 0 saturated carbocycles. The van der Waals surface area contributed by atoms with Crippen LogP contribution in [0.1, 0.15) is 16.2 Å². The summed E-state index contributed by atoms with van der Waals surface area (Å²) in [6.07, 6.45) is 0. The smallest absolute Gasteiger partial charge is 0.278 e. The van der Waals surface area contributed by atoms with Gasteiger partial charge < -0.3 is 10.6 Å². The predicted molar refractivity (Wildman–Crippen MR) is 99.2 cm³/mol. The average Bonchev–Trinajstić information content (AvgIpc) is 2.99. The van der Waals surface area contributed by atoms with Crippen LogP contribution in [0.2, 0.25) is 5.02 Å². The van der Waals surface area contributed by atoms with Gasteiger partial charge in [-0.05, 0) is 43.3 Å². The number of aromatic nitrogens is 3. The first-order chi connectivity index (χ1) is 12.9. The topological polar surface area (TPSA) is 88.9 Å². The van der Waals surface area contributed by atoms with Crippen LogP contribution in [0.25, 0.3) is 0 Å². The van der Waals surface area contributed by atoms with Crippen LogP contribution in [-0.2, 0) is 11.3 Å². The van der Waals surface area contributed by atoms with Crippen molar-refractivity contribution in [1.82, 2.24) is 15.0 Å². The minimum atomic E-state index is -0.609. The van der Waals surface area contributed by atoms with E-state index in [9.17, 15) is 14.0 Å². The van der Waals surface area contributed by atoms with Crippen LogP contribution in [-0.4, -0.2) is 26.8 Å². The Bertz CT molecular complexity index is 988. The Hall–Kier alpha value is -3.26. The van der Waals surface area contributed by atoms with Gasteiger partial charge in [0.15, 0.2) is 5.69 Å². The molecular formula is C18H15ClFN5O2. The maximum atomic E-state index is 13.7. The highest BCUT2D eigenvalue weighted by Gasteiger charge is 2.19. The fourth-order valence-corrected chi connectivity index (χ4v) is 2.46. The third-order valence-electron chi connectivity index (χ3n) is 3.74. The third kappa shape index (κ3) is 4.48. The van der Waals surface area contributed by atoms with Crippen molar-refractivity contribution in [3.8, 4) is 0 Å². The van der Waals surface area contributed by atoms with Gasteiger partial charge in [0.1, 0.15) is 12.4 Å². The number of carbonyl (C=O) groups excluding carboxylic acids is 2. The first-order valence-electron chi connectivity index (χ1n) is 7.95. The number of para-hydroxylation sites is 1. The van der Waals surface area contributed by atoms with Gasteiger partial charge in [0.05, 0.1) is 11.4 Å². The van der Waals surface area contributed by atoms with Gasteiger partial charge in [-0.1, -0.05) is 28.9 Å². The lowest BCUT2D eigenvalue weighted by atomic mass is 10.2. The molecule has 2 aromatic carbocycles. The minimum Gasteiger partial charge on any atom is -0.324 e. The maximum Gasteiger partial charge on any atom is 0.278 e. The number of anilines is 2. The van der Waals surface area contributed by atoms with Crippen LogP contribution < -0.4 is 10.6 Å². The van der Waals surface area contributed by atoms with Crippen LogP contribution >= 0.6 is 11.6 Å². The van der Waals surface area contributed by atoms with E-state index < -0.39 is 11.7 Å². The summed E-state index contributed by atoms with van der Waals surface area (Å²) in [5.74, 6) is -1.51. The quantitative estimate of drug-likeness (QED) is 0.703. The molecule has 2 N–H and O–H groups in total. The van der Waals surface area contributed by atoms with Crippen molar-refractivity contribution in [3.05, 3.63) is 70.8 Å². The SMILES string of the molecule is Cc1c(C(=O)Nc2ccccc2F)nnn1CC(=O)Nc1ccc(Cl)cc1. The average molecular weight is 388 g/mol. The second kappa shape index (κ2) is 7.96. The van der Waals surface area contributed by atoms with E-state index in [4.69, 9.17) is 11.6 Å². The summed E-state index contributed by atoms with van der Waals surface area (Å²) in [6.45, 7) is 1.47. The molecule has 0 bridgehead atoms. The van der Waals surface area contributed by atoms with E-state index in [1.54, 1.807) is 37.3 Å². The van der Waals surface area contributed by atoms with Gasteiger partial charge in [-0.25, -0.2) is 9.07 Å². The molecule has 0 unspecified atom stereocenters. The normalized spacial score (nSPS) is 10.5. The van der Waals surface area contributed by atoms with Crippen LogP contribution in [0.4, 0.5) is 15.8 Å². The lowest BCUT2D eigenvalue weighted by Gasteiger charge is -2.07. The second-order valence-corrected chi connectivity index (χ2v) is 6.11. The van der Waals surface area contributed by atoms with E-state index >= 15 is 0 Å². The number of rotatable bonds is 5. The molecule has 0 saturated heterocycles. The Morgan fingerprint density at radius 1 is 1.11 bits per heavy atom. The second-order valence-electron chi connectivity index (χ2n) is 5.67. The minimum absolute atomic E-state index is 0.0116. The monoisotopic (exact) mass is 387 g/mol. The van der Waals surface area contributed by atoms with Gasteiger partial charge in [-0.3, -0.25) is 9.59 Å². The molecule has 1 aromatic heterocycles. The van der Waals surface area contributed by atoms with E-state index in [0.29, 0.717) is 16.4 Å². The summed E-state index contributed by atoms with van der Waals surface area (Å²) in [5, 5.41) is 13.3. The number of amides is 2. The zero-order valence-corrected chi connectivity index (χ0v) is 15.0. The van der Waals surface area contributed by atoms with Crippen molar-refractivity contribution in [2.45, 2.75) is 13.5 Å².